The van der Waals surface area contributed by atoms with Crippen LogP contribution in [0.25, 0.3) is 0 Å². The van der Waals surface area contributed by atoms with Gasteiger partial charge in [-0.3, -0.25) is 14.6 Å². The lowest BCUT2D eigenvalue weighted by Crippen LogP contribution is -2.17. The van der Waals surface area contributed by atoms with Gasteiger partial charge in [-0.25, -0.2) is 0 Å². The number of amides is 2. The number of nitrogens with zero attached hydrogens (tertiary/aromatic N) is 2. The maximum Gasteiger partial charge on any atom is 0.274 e. The monoisotopic (exact) mass is 352 g/mol. The molecule has 2 amide bonds. The van der Waals surface area contributed by atoms with Gasteiger partial charge in [0.25, 0.3) is 11.8 Å². The van der Waals surface area contributed by atoms with Crippen molar-refractivity contribution in [2.75, 3.05) is 17.7 Å². The highest BCUT2D eigenvalue weighted by Gasteiger charge is 2.13. The van der Waals surface area contributed by atoms with E-state index in [-0.39, 0.29) is 11.3 Å². The zero-order valence-electron chi connectivity index (χ0n) is 14.1. The number of hydrogen-bond donors (Lipinski definition) is 2. The van der Waals surface area contributed by atoms with Crippen molar-refractivity contribution in [1.29, 1.82) is 0 Å². The molecule has 26 heavy (non-hydrogen) atoms. The SMILES string of the molecule is COc1ccc(NC(=O)c2cc(C(=O)Nc3cc(C)on3)ccn2)cc1. The molecule has 0 aliphatic heterocycles. The van der Waals surface area contributed by atoms with E-state index in [1.807, 2.05) is 0 Å². The first-order valence-corrected chi connectivity index (χ1v) is 7.71. The Labute approximate surface area is 149 Å². The van der Waals surface area contributed by atoms with E-state index in [9.17, 15) is 9.59 Å². The number of anilines is 2. The third-order valence-electron chi connectivity index (χ3n) is 3.47. The summed E-state index contributed by atoms with van der Waals surface area (Å²) in [6.07, 6.45) is 1.39. The van der Waals surface area contributed by atoms with Crippen molar-refractivity contribution in [3.63, 3.8) is 0 Å². The van der Waals surface area contributed by atoms with Crippen LogP contribution in [0.1, 0.15) is 26.6 Å². The molecular weight excluding hydrogens is 336 g/mol. The van der Waals surface area contributed by atoms with E-state index in [0.29, 0.717) is 23.0 Å². The smallest absolute Gasteiger partial charge is 0.274 e. The maximum atomic E-state index is 12.3. The number of carbonyl (C=O) groups is 2. The third kappa shape index (κ3) is 4.04. The van der Waals surface area contributed by atoms with Crippen molar-refractivity contribution in [3.8, 4) is 5.75 Å². The molecule has 0 atom stereocenters. The van der Waals surface area contributed by atoms with Crippen LogP contribution in [-0.2, 0) is 0 Å². The Balaban J connectivity index is 1.71. The Morgan fingerprint density at radius 1 is 1.04 bits per heavy atom. The van der Waals surface area contributed by atoms with Crippen LogP contribution in [0.15, 0.2) is 53.2 Å². The summed E-state index contributed by atoms with van der Waals surface area (Å²) >= 11 is 0. The number of carbonyl (C=O) groups excluding carboxylic acids is 2. The minimum absolute atomic E-state index is 0.116. The van der Waals surface area contributed by atoms with Crippen LogP contribution in [0.2, 0.25) is 0 Å². The molecule has 0 fully saturated rings. The van der Waals surface area contributed by atoms with Gasteiger partial charge in [0.15, 0.2) is 5.82 Å². The van der Waals surface area contributed by atoms with Crippen molar-refractivity contribution in [2.45, 2.75) is 6.92 Å². The van der Waals surface area contributed by atoms with E-state index in [1.54, 1.807) is 44.4 Å². The molecule has 0 aliphatic carbocycles. The van der Waals surface area contributed by atoms with Gasteiger partial charge < -0.3 is 19.9 Å². The largest absolute Gasteiger partial charge is 0.497 e. The Bertz CT molecular complexity index is 934. The molecule has 2 heterocycles. The molecule has 0 saturated carbocycles. The molecule has 0 bridgehead atoms. The molecular formula is C18H16N4O4. The summed E-state index contributed by atoms with van der Waals surface area (Å²) in [5, 5.41) is 9.00. The van der Waals surface area contributed by atoms with Crippen LogP contribution in [0.3, 0.4) is 0 Å². The summed E-state index contributed by atoms with van der Waals surface area (Å²) < 4.78 is 9.97. The van der Waals surface area contributed by atoms with Crippen LogP contribution < -0.4 is 15.4 Å². The van der Waals surface area contributed by atoms with Crippen molar-refractivity contribution < 1.29 is 18.8 Å². The molecule has 0 spiro atoms. The van der Waals surface area contributed by atoms with Crippen molar-refractivity contribution in [2.24, 2.45) is 0 Å². The molecule has 8 nitrogen and oxygen atoms in total. The number of hydrogen-bond acceptors (Lipinski definition) is 6. The fourth-order valence-electron chi connectivity index (χ4n) is 2.18. The van der Waals surface area contributed by atoms with Crippen LogP contribution >= 0.6 is 0 Å². The van der Waals surface area contributed by atoms with E-state index < -0.39 is 11.8 Å². The number of rotatable bonds is 5. The number of methoxy groups -OCH3 is 1. The van der Waals surface area contributed by atoms with Crippen molar-refractivity contribution in [3.05, 3.63) is 65.7 Å². The van der Waals surface area contributed by atoms with Gasteiger partial charge in [-0.1, -0.05) is 5.16 Å². The molecule has 8 heteroatoms. The summed E-state index contributed by atoms with van der Waals surface area (Å²) in [5.41, 5.74) is 0.982. The first-order chi connectivity index (χ1) is 12.5. The summed E-state index contributed by atoms with van der Waals surface area (Å²) in [7, 11) is 1.56. The van der Waals surface area contributed by atoms with Gasteiger partial charge in [0, 0.05) is 23.5 Å². The average molecular weight is 352 g/mol. The summed E-state index contributed by atoms with van der Waals surface area (Å²) in [5.74, 6) is 0.715. The standard InChI is InChI=1S/C18H16N4O4/c1-11-9-16(22-26-11)21-17(23)12-7-8-19-15(10-12)18(24)20-13-3-5-14(25-2)6-4-13/h3-10H,1-2H3,(H,20,24)(H,21,22,23). The normalized spacial score (nSPS) is 10.2. The second kappa shape index (κ2) is 7.47. The molecule has 0 unspecified atom stereocenters. The van der Waals surface area contributed by atoms with E-state index in [0.717, 1.165) is 0 Å². The fraction of sp³-hybridized carbons (Fsp3) is 0.111. The van der Waals surface area contributed by atoms with Gasteiger partial charge >= 0.3 is 0 Å². The zero-order valence-corrected chi connectivity index (χ0v) is 14.1. The van der Waals surface area contributed by atoms with Gasteiger partial charge in [0.1, 0.15) is 17.2 Å². The van der Waals surface area contributed by atoms with Crippen LogP contribution in [0, 0.1) is 6.92 Å². The van der Waals surface area contributed by atoms with Gasteiger partial charge in [0.2, 0.25) is 0 Å². The lowest BCUT2D eigenvalue weighted by molar-refractivity contribution is 0.102. The molecule has 0 saturated heterocycles. The Kier molecular flexibility index (Phi) is 4.93. The van der Waals surface area contributed by atoms with Gasteiger partial charge in [-0.15, -0.1) is 0 Å². The molecule has 3 rings (SSSR count). The maximum absolute atomic E-state index is 12.3. The Morgan fingerprint density at radius 3 is 2.46 bits per heavy atom. The minimum Gasteiger partial charge on any atom is -0.497 e. The first-order valence-electron chi connectivity index (χ1n) is 7.71. The second-order valence-electron chi connectivity index (χ2n) is 5.39. The summed E-state index contributed by atoms with van der Waals surface area (Å²) in [6, 6.07) is 11.4. The second-order valence-corrected chi connectivity index (χ2v) is 5.39. The van der Waals surface area contributed by atoms with E-state index in [2.05, 4.69) is 20.8 Å². The van der Waals surface area contributed by atoms with Crippen LogP contribution in [0.4, 0.5) is 11.5 Å². The van der Waals surface area contributed by atoms with E-state index >= 15 is 0 Å². The number of aryl methyl sites for hydroxylation is 1. The van der Waals surface area contributed by atoms with E-state index in [1.165, 1.54) is 18.3 Å². The predicted octanol–water partition coefficient (Wildman–Crippen LogP) is 2.89. The third-order valence-corrected chi connectivity index (χ3v) is 3.47. The average Bonchev–Trinajstić information content (AvgIpc) is 3.07. The number of aromatic nitrogens is 2. The van der Waals surface area contributed by atoms with Crippen LogP contribution in [0.5, 0.6) is 5.75 Å². The van der Waals surface area contributed by atoms with Gasteiger partial charge in [-0.2, -0.15) is 0 Å². The number of pyridine rings is 1. The van der Waals surface area contributed by atoms with Crippen LogP contribution in [-0.4, -0.2) is 29.1 Å². The quantitative estimate of drug-likeness (QED) is 0.731. The zero-order chi connectivity index (χ0) is 18.5. The molecule has 0 aliphatic rings. The first kappa shape index (κ1) is 17.2. The topological polar surface area (TPSA) is 106 Å². The Hall–Kier alpha value is -3.68. The lowest BCUT2D eigenvalue weighted by Gasteiger charge is -2.07. The summed E-state index contributed by atoms with van der Waals surface area (Å²) in [4.78, 5) is 28.6. The van der Waals surface area contributed by atoms with E-state index in [4.69, 9.17) is 9.26 Å². The van der Waals surface area contributed by atoms with Gasteiger partial charge in [0.05, 0.1) is 7.11 Å². The fourth-order valence-corrected chi connectivity index (χ4v) is 2.18. The Morgan fingerprint density at radius 2 is 1.81 bits per heavy atom. The van der Waals surface area contributed by atoms with Crippen molar-refractivity contribution >= 4 is 23.3 Å². The molecule has 3 aromatic rings. The molecule has 0 radical (unpaired) electrons. The van der Waals surface area contributed by atoms with Crippen molar-refractivity contribution in [1.82, 2.24) is 10.1 Å². The highest BCUT2D eigenvalue weighted by Crippen LogP contribution is 2.16. The number of nitrogens with one attached hydrogen (secondary N) is 2. The highest BCUT2D eigenvalue weighted by molar-refractivity contribution is 6.07. The summed E-state index contributed by atoms with van der Waals surface area (Å²) in [6.45, 7) is 1.72. The number of benzene rings is 1. The molecule has 1 aromatic carbocycles. The predicted molar refractivity (Wildman–Crippen MR) is 94.4 cm³/mol. The number of ether oxygens (including phenoxy) is 1. The molecule has 2 aromatic heterocycles. The van der Waals surface area contributed by atoms with Gasteiger partial charge in [-0.05, 0) is 43.3 Å². The lowest BCUT2D eigenvalue weighted by atomic mass is 10.2. The molecule has 132 valence electrons. The highest BCUT2D eigenvalue weighted by atomic mass is 16.5. The minimum atomic E-state index is -0.429. The molecule has 2 N–H and O–H groups in total.